The predicted octanol–water partition coefficient (Wildman–Crippen LogP) is 1.71. The van der Waals surface area contributed by atoms with Crippen molar-refractivity contribution in [2.75, 3.05) is 7.05 Å². The van der Waals surface area contributed by atoms with Crippen LogP contribution in [0.25, 0.3) is 0 Å². The van der Waals surface area contributed by atoms with Crippen molar-refractivity contribution in [2.45, 2.75) is 43.8 Å². The maximum absolute atomic E-state index is 12.6. The lowest BCUT2D eigenvalue weighted by Crippen LogP contribution is -2.36. The summed E-state index contributed by atoms with van der Waals surface area (Å²) in [4.78, 5) is 0.421. The standard InChI is InChI=1S/C14H20N2O2S/c1-10(11-3-4-11)16(2)19(17,18)14-6-5-12-8-15-9-13(12)7-14/h5-7,10-11,15H,3-4,8-9H2,1-2H3. The van der Waals surface area contributed by atoms with E-state index in [4.69, 9.17) is 0 Å². The van der Waals surface area contributed by atoms with Crippen molar-refractivity contribution in [3.63, 3.8) is 0 Å². The van der Waals surface area contributed by atoms with E-state index in [1.807, 2.05) is 19.1 Å². The molecule has 1 saturated carbocycles. The zero-order chi connectivity index (χ0) is 13.6. The molecule has 0 amide bonds. The molecule has 104 valence electrons. The lowest BCUT2D eigenvalue weighted by atomic mass is 10.1. The van der Waals surface area contributed by atoms with Crippen molar-refractivity contribution in [3.8, 4) is 0 Å². The zero-order valence-corrected chi connectivity index (χ0v) is 12.2. The Bertz CT molecular complexity index is 593. The molecule has 0 saturated heterocycles. The van der Waals surface area contributed by atoms with Gasteiger partial charge in [-0.3, -0.25) is 0 Å². The summed E-state index contributed by atoms with van der Waals surface area (Å²) in [6.45, 7) is 3.61. The monoisotopic (exact) mass is 280 g/mol. The van der Waals surface area contributed by atoms with E-state index in [9.17, 15) is 8.42 Å². The zero-order valence-electron chi connectivity index (χ0n) is 11.4. The summed E-state index contributed by atoms with van der Waals surface area (Å²) in [7, 11) is -1.66. The maximum atomic E-state index is 12.6. The van der Waals surface area contributed by atoms with Crippen molar-refractivity contribution >= 4 is 10.0 Å². The Morgan fingerprint density at radius 2 is 1.95 bits per heavy atom. The van der Waals surface area contributed by atoms with E-state index >= 15 is 0 Å². The maximum Gasteiger partial charge on any atom is 0.243 e. The van der Waals surface area contributed by atoms with Gasteiger partial charge in [0.2, 0.25) is 10.0 Å². The number of nitrogens with one attached hydrogen (secondary N) is 1. The van der Waals surface area contributed by atoms with Crippen molar-refractivity contribution in [3.05, 3.63) is 29.3 Å². The van der Waals surface area contributed by atoms with Gasteiger partial charge in [0.25, 0.3) is 0 Å². The Morgan fingerprint density at radius 1 is 1.26 bits per heavy atom. The highest BCUT2D eigenvalue weighted by Crippen LogP contribution is 2.36. The summed E-state index contributed by atoms with van der Waals surface area (Å²) >= 11 is 0. The highest BCUT2D eigenvalue weighted by Gasteiger charge is 2.36. The Morgan fingerprint density at radius 3 is 2.63 bits per heavy atom. The van der Waals surface area contributed by atoms with Gasteiger partial charge in [-0.15, -0.1) is 0 Å². The SMILES string of the molecule is CC(C1CC1)N(C)S(=O)(=O)c1ccc2c(c1)CNC2. The minimum atomic E-state index is -3.36. The van der Waals surface area contributed by atoms with Crippen molar-refractivity contribution in [1.82, 2.24) is 9.62 Å². The van der Waals surface area contributed by atoms with Crippen LogP contribution in [0.1, 0.15) is 30.9 Å². The molecule has 2 aliphatic rings. The van der Waals surface area contributed by atoms with Crippen LogP contribution in [0.2, 0.25) is 0 Å². The summed E-state index contributed by atoms with van der Waals surface area (Å²) in [6.07, 6.45) is 2.30. The minimum Gasteiger partial charge on any atom is -0.309 e. The molecule has 3 rings (SSSR count). The molecule has 19 heavy (non-hydrogen) atoms. The van der Waals surface area contributed by atoms with Crippen LogP contribution in [0.4, 0.5) is 0 Å². The molecule has 1 unspecified atom stereocenters. The first kappa shape index (κ1) is 13.1. The van der Waals surface area contributed by atoms with Crippen LogP contribution in [0, 0.1) is 5.92 Å². The third-order valence-corrected chi connectivity index (χ3v) is 6.30. The minimum absolute atomic E-state index is 0.0939. The second-order valence-corrected chi connectivity index (χ2v) is 7.63. The van der Waals surface area contributed by atoms with Gasteiger partial charge < -0.3 is 5.32 Å². The van der Waals surface area contributed by atoms with Crippen LogP contribution in [0.15, 0.2) is 23.1 Å². The lowest BCUT2D eigenvalue weighted by Gasteiger charge is -2.24. The van der Waals surface area contributed by atoms with Gasteiger partial charge in [-0.2, -0.15) is 4.31 Å². The van der Waals surface area contributed by atoms with Gasteiger partial charge in [-0.1, -0.05) is 6.07 Å². The molecule has 1 fully saturated rings. The molecule has 1 heterocycles. The molecule has 5 heteroatoms. The van der Waals surface area contributed by atoms with Crippen molar-refractivity contribution < 1.29 is 8.42 Å². The van der Waals surface area contributed by atoms with E-state index in [1.54, 1.807) is 13.1 Å². The normalized spacial score (nSPS) is 20.6. The number of sulfonamides is 1. The van der Waals surface area contributed by atoms with E-state index in [-0.39, 0.29) is 6.04 Å². The fraction of sp³-hybridized carbons (Fsp3) is 0.571. The first-order chi connectivity index (χ1) is 9.00. The predicted molar refractivity (Wildman–Crippen MR) is 74.1 cm³/mol. The van der Waals surface area contributed by atoms with Gasteiger partial charge in [0.1, 0.15) is 0 Å². The van der Waals surface area contributed by atoms with E-state index < -0.39 is 10.0 Å². The Balaban J connectivity index is 1.91. The van der Waals surface area contributed by atoms with Gasteiger partial charge in [0, 0.05) is 26.2 Å². The molecule has 1 aromatic carbocycles. The first-order valence-corrected chi connectivity index (χ1v) is 8.24. The molecule has 1 atom stereocenters. The van der Waals surface area contributed by atoms with Crippen LogP contribution in [-0.2, 0) is 23.1 Å². The molecule has 1 aromatic rings. The van der Waals surface area contributed by atoms with Crippen molar-refractivity contribution in [2.24, 2.45) is 5.92 Å². The average Bonchev–Trinajstić information content (AvgIpc) is 3.14. The summed E-state index contributed by atoms with van der Waals surface area (Å²) in [5, 5.41) is 3.24. The second-order valence-electron chi connectivity index (χ2n) is 5.63. The second kappa shape index (κ2) is 4.58. The van der Waals surface area contributed by atoms with Crippen LogP contribution in [0.3, 0.4) is 0 Å². The molecule has 0 spiro atoms. The fourth-order valence-electron chi connectivity index (χ4n) is 2.69. The number of nitrogens with zero attached hydrogens (tertiary/aromatic N) is 1. The third kappa shape index (κ3) is 2.30. The first-order valence-electron chi connectivity index (χ1n) is 6.80. The lowest BCUT2D eigenvalue weighted by molar-refractivity contribution is 0.357. The molecule has 1 aliphatic carbocycles. The van der Waals surface area contributed by atoms with Gasteiger partial charge in [0.05, 0.1) is 4.90 Å². The fourth-order valence-corrected chi connectivity index (χ4v) is 4.17. The van der Waals surface area contributed by atoms with E-state index in [1.165, 1.54) is 9.87 Å². The topological polar surface area (TPSA) is 49.4 Å². The average molecular weight is 280 g/mol. The number of hydrogen-bond acceptors (Lipinski definition) is 3. The molecular formula is C14H20N2O2S. The molecule has 0 bridgehead atoms. The van der Waals surface area contributed by atoms with Crippen molar-refractivity contribution in [1.29, 1.82) is 0 Å². The summed E-state index contributed by atoms with van der Waals surface area (Å²) < 4.78 is 26.8. The number of rotatable bonds is 4. The third-order valence-electron chi connectivity index (χ3n) is 4.36. The molecule has 4 nitrogen and oxygen atoms in total. The quantitative estimate of drug-likeness (QED) is 0.913. The Hall–Kier alpha value is -0.910. The van der Waals surface area contributed by atoms with Gasteiger partial charge in [-0.25, -0.2) is 8.42 Å². The number of fused-ring (bicyclic) bond motifs is 1. The molecule has 0 aromatic heterocycles. The smallest absolute Gasteiger partial charge is 0.243 e. The van der Waals surface area contributed by atoms with Gasteiger partial charge in [0.15, 0.2) is 0 Å². The van der Waals surface area contributed by atoms with Gasteiger partial charge >= 0.3 is 0 Å². The van der Waals surface area contributed by atoms with E-state index in [0.717, 1.165) is 31.5 Å². The van der Waals surface area contributed by atoms with Crippen LogP contribution < -0.4 is 5.32 Å². The summed E-state index contributed by atoms with van der Waals surface area (Å²) in [6, 6.07) is 5.58. The Labute approximate surface area is 114 Å². The molecule has 1 N–H and O–H groups in total. The summed E-state index contributed by atoms with van der Waals surface area (Å²) in [5.41, 5.74) is 2.31. The largest absolute Gasteiger partial charge is 0.309 e. The van der Waals surface area contributed by atoms with Crippen LogP contribution in [-0.4, -0.2) is 25.8 Å². The highest BCUT2D eigenvalue weighted by atomic mass is 32.2. The Kier molecular flexibility index (Phi) is 3.15. The molecule has 0 radical (unpaired) electrons. The summed E-state index contributed by atoms with van der Waals surface area (Å²) in [5.74, 6) is 0.538. The number of benzene rings is 1. The highest BCUT2D eigenvalue weighted by molar-refractivity contribution is 7.89. The molecule has 1 aliphatic heterocycles. The molecular weight excluding hydrogens is 260 g/mol. The van der Waals surface area contributed by atoms with Crippen LogP contribution in [0.5, 0.6) is 0 Å². The van der Waals surface area contributed by atoms with E-state index in [2.05, 4.69) is 5.32 Å². The number of hydrogen-bond donors (Lipinski definition) is 1. The van der Waals surface area contributed by atoms with Gasteiger partial charge in [-0.05, 0) is 48.9 Å². The van der Waals surface area contributed by atoms with E-state index in [0.29, 0.717) is 10.8 Å². The van der Waals surface area contributed by atoms with Crippen LogP contribution >= 0.6 is 0 Å².